The fraction of sp³-hybridized carbons (Fsp3) is 0.344. The first-order valence-electron chi connectivity index (χ1n) is 14.1. The number of ether oxygens (including phenoxy) is 1. The molecule has 8 nitrogen and oxygen atoms in total. The summed E-state index contributed by atoms with van der Waals surface area (Å²) in [4.78, 5) is 34.0. The average Bonchev–Trinajstić information content (AvgIpc) is 3.37. The summed E-state index contributed by atoms with van der Waals surface area (Å²) >= 11 is 5.62. The number of halogens is 1. The van der Waals surface area contributed by atoms with Crippen LogP contribution in [0.1, 0.15) is 30.0 Å². The van der Waals surface area contributed by atoms with E-state index in [1.54, 1.807) is 54.5 Å². The van der Waals surface area contributed by atoms with Gasteiger partial charge >= 0.3 is 0 Å². The van der Waals surface area contributed by atoms with Gasteiger partial charge in [0.2, 0.25) is 11.8 Å². The van der Waals surface area contributed by atoms with Crippen LogP contribution in [-0.4, -0.2) is 77.5 Å². The first-order chi connectivity index (χ1) is 20.3. The molecule has 3 aromatic carbocycles. The average molecular weight is 590 g/mol. The van der Waals surface area contributed by atoms with E-state index < -0.39 is 11.4 Å². The fourth-order valence-electron chi connectivity index (χ4n) is 5.65. The van der Waals surface area contributed by atoms with E-state index >= 15 is 0 Å². The Morgan fingerprint density at radius 3 is 2.38 bits per heavy atom. The molecule has 2 amide bonds. The van der Waals surface area contributed by atoms with Crippen molar-refractivity contribution in [2.45, 2.75) is 31.0 Å². The van der Waals surface area contributed by atoms with Gasteiger partial charge in [-0.2, -0.15) is 0 Å². The molecule has 2 fully saturated rings. The zero-order valence-electron chi connectivity index (χ0n) is 23.9. The highest BCUT2D eigenvalue weighted by molar-refractivity contribution is 7.80. The van der Waals surface area contributed by atoms with Crippen LogP contribution in [0.4, 0.5) is 10.1 Å². The second kappa shape index (κ2) is 12.9. The molecule has 2 aliphatic heterocycles. The number of amides is 2. The number of thiocarbonyl (C=S) groups is 1. The zero-order chi connectivity index (χ0) is 29.7. The third kappa shape index (κ3) is 6.39. The lowest BCUT2D eigenvalue weighted by Gasteiger charge is -2.47. The summed E-state index contributed by atoms with van der Waals surface area (Å²) in [6.45, 7) is 1.65. The maximum atomic E-state index is 15.0. The summed E-state index contributed by atoms with van der Waals surface area (Å²) in [5.41, 5.74) is 0.821. The Hall–Kier alpha value is -4.02. The molecule has 42 heavy (non-hydrogen) atoms. The van der Waals surface area contributed by atoms with Crippen molar-refractivity contribution in [1.82, 2.24) is 20.0 Å². The standard InChI is InChI=1S/C32H36FN5O3S/c1-36-18-16-32(17-19-36,30(40)34-25-12-14-26(41-2)15-13-25)38(20-24-10-6-7-11-27(24)33)29(39)22-37-21-28(35-31(37)42)23-8-4-3-5-9-23/h3-15,28H,16-22H2,1-2H3,(H,34,40)(H,35,42). The lowest BCUT2D eigenvalue weighted by Crippen LogP contribution is -2.64. The van der Waals surface area contributed by atoms with Crippen molar-refractivity contribution >= 4 is 34.8 Å². The minimum atomic E-state index is -1.20. The first kappa shape index (κ1) is 29.5. The summed E-state index contributed by atoms with van der Waals surface area (Å²) in [5.74, 6) is -0.334. The zero-order valence-corrected chi connectivity index (χ0v) is 24.7. The summed E-state index contributed by atoms with van der Waals surface area (Å²) in [6, 6.07) is 23.3. The Morgan fingerprint density at radius 2 is 1.71 bits per heavy atom. The van der Waals surface area contributed by atoms with Crippen LogP contribution in [0, 0.1) is 5.82 Å². The van der Waals surface area contributed by atoms with Crippen molar-refractivity contribution < 1.29 is 18.7 Å². The Balaban J connectivity index is 1.45. The summed E-state index contributed by atoms with van der Waals surface area (Å²) < 4.78 is 20.2. The van der Waals surface area contributed by atoms with Gasteiger partial charge in [0.05, 0.1) is 19.7 Å². The van der Waals surface area contributed by atoms with E-state index in [-0.39, 0.29) is 30.9 Å². The lowest BCUT2D eigenvalue weighted by atomic mass is 9.83. The van der Waals surface area contributed by atoms with Crippen molar-refractivity contribution in [1.29, 1.82) is 0 Å². The quantitative estimate of drug-likeness (QED) is 0.363. The highest BCUT2D eigenvalue weighted by Gasteiger charge is 2.48. The maximum absolute atomic E-state index is 15.0. The van der Waals surface area contributed by atoms with Gasteiger partial charge in [-0.15, -0.1) is 0 Å². The van der Waals surface area contributed by atoms with E-state index in [0.717, 1.165) is 5.56 Å². The Bertz CT molecular complexity index is 1410. The predicted molar refractivity (Wildman–Crippen MR) is 165 cm³/mol. The van der Waals surface area contributed by atoms with Gasteiger partial charge in [-0.25, -0.2) is 4.39 Å². The molecule has 0 bridgehead atoms. The van der Waals surface area contributed by atoms with E-state index in [1.165, 1.54) is 6.07 Å². The predicted octanol–water partition coefficient (Wildman–Crippen LogP) is 4.20. The molecule has 10 heteroatoms. The summed E-state index contributed by atoms with van der Waals surface area (Å²) in [7, 11) is 3.57. The molecule has 0 aliphatic carbocycles. The van der Waals surface area contributed by atoms with Crippen LogP contribution in [0.15, 0.2) is 78.9 Å². The van der Waals surface area contributed by atoms with E-state index in [0.29, 0.717) is 54.6 Å². The Kier molecular flexibility index (Phi) is 9.03. The molecule has 5 rings (SSSR count). The van der Waals surface area contributed by atoms with E-state index in [9.17, 15) is 14.0 Å². The third-order valence-electron chi connectivity index (χ3n) is 8.20. The number of benzene rings is 3. The molecule has 2 N–H and O–H groups in total. The van der Waals surface area contributed by atoms with Crippen LogP contribution in [0.5, 0.6) is 5.75 Å². The van der Waals surface area contributed by atoms with E-state index in [4.69, 9.17) is 17.0 Å². The van der Waals surface area contributed by atoms with Gasteiger partial charge in [-0.3, -0.25) is 9.59 Å². The molecule has 2 aliphatic rings. The number of hydrogen-bond acceptors (Lipinski definition) is 5. The van der Waals surface area contributed by atoms with Crippen molar-refractivity contribution in [3.05, 3.63) is 95.8 Å². The van der Waals surface area contributed by atoms with Crippen LogP contribution < -0.4 is 15.4 Å². The largest absolute Gasteiger partial charge is 0.497 e. The molecule has 0 spiro atoms. The molecule has 0 saturated carbocycles. The van der Waals surface area contributed by atoms with Crippen LogP contribution >= 0.6 is 12.2 Å². The van der Waals surface area contributed by atoms with Gasteiger partial charge in [-0.1, -0.05) is 48.5 Å². The van der Waals surface area contributed by atoms with Gasteiger partial charge in [0.15, 0.2) is 5.11 Å². The fourth-order valence-corrected chi connectivity index (χ4v) is 5.93. The van der Waals surface area contributed by atoms with Crippen LogP contribution in [-0.2, 0) is 16.1 Å². The summed E-state index contributed by atoms with van der Waals surface area (Å²) in [6.07, 6.45) is 0.808. The number of piperidine rings is 1. The molecular formula is C32H36FN5O3S. The highest BCUT2D eigenvalue weighted by atomic mass is 32.1. The molecule has 0 radical (unpaired) electrons. The number of rotatable bonds is 9. The van der Waals surface area contributed by atoms with Crippen molar-refractivity contribution in [3.8, 4) is 5.75 Å². The van der Waals surface area contributed by atoms with Gasteiger partial charge in [-0.05, 0) is 68.0 Å². The molecule has 3 aromatic rings. The van der Waals surface area contributed by atoms with Crippen LogP contribution in [0.3, 0.4) is 0 Å². The maximum Gasteiger partial charge on any atom is 0.250 e. The second-order valence-electron chi connectivity index (χ2n) is 10.9. The molecular weight excluding hydrogens is 553 g/mol. The van der Waals surface area contributed by atoms with Gasteiger partial charge in [0.1, 0.15) is 17.1 Å². The van der Waals surface area contributed by atoms with E-state index in [2.05, 4.69) is 15.5 Å². The molecule has 220 valence electrons. The Labute approximate surface area is 251 Å². The van der Waals surface area contributed by atoms with Crippen LogP contribution in [0.2, 0.25) is 0 Å². The number of carbonyl (C=O) groups is 2. The highest BCUT2D eigenvalue weighted by Crippen LogP contribution is 2.33. The molecule has 1 unspecified atom stereocenters. The van der Waals surface area contributed by atoms with Crippen molar-refractivity contribution in [3.63, 3.8) is 0 Å². The number of nitrogens with zero attached hydrogens (tertiary/aromatic N) is 3. The smallest absolute Gasteiger partial charge is 0.250 e. The minimum absolute atomic E-state index is 0.0307. The number of anilines is 1. The number of methoxy groups -OCH3 is 1. The second-order valence-corrected chi connectivity index (χ2v) is 11.3. The van der Waals surface area contributed by atoms with Gasteiger partial charge in [0, 0.05) is 37.4 Å². The van der Waals surface area contributed by atoms with Gasteiger partial charge in [0.25, 0.3) is 0 Å². The topological polar surface area (TPSA) is 77.1 Å². The first-order valence-corrected chi connectivity index (χ1v) is 14.5. The minimum Gasteiger partial charge on any atom is -0.497 e. The molecule has 1 atom stereocenters. The number of carbonyl (C=O) groups excluding carboxylic acids is 2. The number of likely N-dealkylation sites (tertiary alicyclic amines) is 1. The molecule has 2 saturated heterocycles. The molecule has 0 aromatic heterocycles. The Morgan fingerprint density at radius 1 is 1.05 bits per heavy atom. The number of hydrogen-bond donors (Lipinski definition) is 2. The van der Waals surface area contributed by atoms with Crippen LogP contribution in [0.25, 0.3) is 0 Å². The summed E-state index contributed by atoms with van der Waals surface area (Å²) in [5, 5.41) is 6.82. The van der Waals surface area contributed by atoms with Crippen molar-refractivity contribution in [2.75, 3.05) is 45.7 Å². The number of nitrogens with one attached hydrogen (secondary N) is 2. The van der Waals surface area contributed by atoms with Gasteiger partial charge < -0.3 is 30.1 Å². The lowest BCUT2D eigenvalue weighted by molar-refractivity contribution is -0.150. The monoisotopic (exact) mass is 589 g/mol. The molecule has 2 heterocycles. The van der Waals surface area contributed by atoms with E-state index in [1.807, 2.05) is 42.3 Å². The normalized spacial score (nSPS) is 18.3. The van der Waals surface area contributed by atoms with Crippen molar-refractivity contribution in [2.24, 2.45) is 0 Å². The third-order valence-corrected chi connectivity index (χ3v) is 8.58. The SMILES string of the molecule is COc1ccc(NC(=O)C2(N(Cc3ccccc3F)C(=O)CN3CC(c4ccccc4)NC3=S)CCN(C)CC2)cc1.